The number of hydrogen-bond acceptors (Lipinski definition) is 4. The van der Waals surface area contributed by atoms with Gasteiger partial charge in [0.05, 0.1) is 5.69 Å². The van der Waals surface area contributed by atoms with Gasteiger partial charge in [-0.25, -0.2) is 9.97 Å². The molecule has 2 aliphatic heterocycles. The Bertz CT molecular complexity index is 399. The second-order valence-electron chi connectivity index (χ2n) is 4.87. The predicted molar refractivity (Wildman–Crippen MR) is 61.9 cm³/mol. The molecular formula is C12H16N4O. The van der Waals surface area contributed by atoms with E-state index < -0.39 is 0 Å². The fourth-order valence-corrected chi connectivity index (χ4v) is 2.60. The fraction of sp³-hybridized carbons (Fsp3) is 0.583. The van der Waals surface area contributed by atoms with Gasteiger partial charge in [-0.1, -0.05) is 0 Å². The lowest BCUT2D eigenvalue weighted by atomic mass is 9.99. The summed E-state index contributed by atoms with van der Waals surface area (Å²) in [6.07, 6.45) is 5.20. The van der Waals surface area contributed by atoms with Crippen molar-refractivity contribution in [2.24, 2.45) is 5.92 Å². The number of rotatable bonds is 2. The maximum Gasteiger partial charge on any atom is 0.220 e. The van der Waals surface area contributed by atoms with E-state index in [0.717, 1.165) is 38.3 Å². The molecule has 0 spiro atoms. The van der Waals surface area contributed by atoms with Crippen LogP contribution in [0.4, 0.5) is 0 Å². The highest BCUT2D eigenvalue weighted by molar-refractivity contribution is 5.76. The van der Waals surface area contributed by atoms with E-state index in [1.165, 1.54) is 5.56 Å². The first-order valence-electron chi connectivity index (χ1n) is 6.08. The standard InChI is InChI=1S/C12H16N4O/c17-12-2-1-9(3-14-12)5-16-6-10-4-13-8-15-11(10)7-16/h4,8-9H,1-3,5-7H2,(H,14,17). The molecule has 1 aromatic heterocycles. The number of nitrogens with one attached hydrogen (secondary N) is 1. The minimum Gasteiger partial charge on any atom is -0.356 e. The van der Waals surface area contributed by atoms with Crippen LogP contribution in [0.5, 0.6) is 0 Å². The molecule has 2 aliphatic rings. The maximum atomic E-state index is 11.1. The molecule has 3 heterocycles. The molecule has 1 unspecified atom stereocenters. The van der Waals surface area contributed by atoms with Crippen molar-refractivity contribution in [3.8, 4) is 0 Å². The lowest BCUT2D eigenvalue weighted by Crippen LogP contribution is -2.39. The quantitative estimate of drug-likeness (QED) is 0.797. The van der Waals surface area contributed by atoms with Crippen LogP contribution in [-0.4, -0.2) is 33.9 Å². The Morgan fingerprint density at radius 1 is 1.47 bits per heavy atom. The van der Waals surface area contributed by atoms with E-state index in [4.69, 9.17) is 0 Å². The first-order valence-corrected chi connectivity index (χ1v) is 6.08. The molecule has 0 bridgehead atoms. The van der Waals surface area contributed by atoms with E-state index in [2.05, 4.69) is 20.2 Å². The zero-order valence-electron chi connectivity index (χ0n) is 9.72. The lowest BCUT2D eigenvalue weighted by Gasteiger charge is -2.26. The van der Waals surface area contributed by atoms with Crippen LogP contribution in [0.2, 0.25) is 0 Å². The van der Waals surface area contributed by atoms with Gasteiger partial charge in [-0.3, -0.25) is 9.69 Å². The highest BCUT2D eigenvalue weighted by Crippen LogP contribution is 2.22. The summed E-state index contributed by atoms with van der Waals surface area (Å²) in [6, 6.07) is 0. The van der Waals surface area contributed by atoms with Gasteiger partial charge in [-0.15, -0.1) is 0 Å². The molecule has 1 atom stereocenters. The Morgan fingerprint density at radius 2 is 2.41 bits per heavy atom. The van der Waals surface area contributed by atoms with E-state index >= 15 is 0 Å². The third-order valence-corrected chi connectivity index (χ3v) is 3.53. The summed E-state index contributed by atoms with van der Waals surface area (Å²) in [5.74, 6) is 0.770. The molecule has 0 aliphatic carbocycles. The van der Waals surface area contributed by atoms with Crippen molar-refractivity contribution in [1.29, 1.82) is 0 Å². The van der Waals surface area contributed by atoms with Gasteiger partial charge in [0.2, 0.25) is 5.91 Å². The average Bonchev–Trinajstić information content (AvgIpc) is 2.74. The van der Waals surface area contributed by atoms with Crippen molar-refractivity contribution in [1.82, 2.24) is 20.2 Å². The second kappa shape index (κ2) is 4.41. The molecule has 1 amide bonds. The van der Waals surface area contributed by atoms with Crippen molar-refractivity contribution >= 4 is 5.91 Å². The van der Waals surface area contributed by atoms with Gasteiger partial charge in [0.15, 0.2) is 0 Å². The van der Waals surface area contributed by atoms with E-state index in [-0.39, 0.29) is 5.91 Å². The highest BCUT2D eigenvalue weighted by atomic mass is 16.1. The van der Waals surface area contributed by atoms with Crippen LogP contribution < -0.4 is 5.32 Å². The predicted octanol–water partition coefficient (Wildman–Crippen LogP) is 0.318. The molecular weight excluding hydrogens is 216 g/mol. The van der Waals surface area contributed by atoms with Crippen LogP contribution in [0, 0.1) is 5.92 Å². The monoisotopic (exact) mass is 232 g/mol. The number of fused-ring (bicyclic) bond motifs is 1. The summed E-state index contributed by atoms with van der Waals surface area (Å²) in [7, 11) is 0. The van der Waals surface area contributed by atoms with Crippen molar-refractivity contribution in [2.75, 3.05) is 13.1 Å². The SMILES string of the molecule is O=C1CCC(CN2Cc3cncnc3C2)CN1. The molecule has 17 heavy (non-hydrogen) atoms. The molecule has 1 aromatic rings. The molecule has 0 aromatic carbocycles. The zero-order chi connectivity index (χ0) is 11.7. The van der Waals surface area contributed by atoms with Crippen LogP contribution >= 0.6 is 0 Å². The summed E-state index contributed by atoms with van der Waals surface area (Å²) < 4.78 is 0. The van der Waals surface area contributed by atoms with Gasteiger partial charge in [0.1, 0.15) is 6.33 Å². The molecule has 5 heteroatoms. The highest BCUT2D eigenvalue weighted by Gasteiger charge is 2.25. The molecule has 5 nitrogen and oxygen atoms in total. The van der Waals surface area contributed by atoms with Crippen molar-refractivity contribution in [3.63, 3.8) is 0 Å². The van der Waals surface area contributed by atoms with Crippen LogP contribution in [0.25, 0.3) is 0 Å². The van der Waals surface area contributed by atoms with E-state index in [9.17, 15) is 4.79 Å². The number of carbonyl (C=O) groups excluding carboxylic acids is 1. The molecule has 3 rings (SSSR count). The molecule has 1 saturated heterocycles. The molecule has 90 valence electrons. The molecule has 1 N–H and O–H groups in total. The Hall–Kier alpha value is -1.49. The van der Waals surface area contributed by atoms with Crippen LogP contribution in [0.15, 0.2) is 12.5 Å². The number of aromatic nitrogens is 2. The lowest BCUT2D eigenvalue weighted by molar-refractivity contribution is -0.123. The normalized spacial score (nSPS) is 24.5. The van der Waals surface area contributed by atoms with Crippen molar-refractivity contribution in [2.45, 2.75) is 25.9 Å². The third kappa shape index (κ3) is 2.29. The van der Waals surface area contributed by atoms with Crippen LogP contribution in [-0.2, 0) is 17.9 Å². The summed E-state index contributed by atoms with van der Waals surface area (Å²) in [5.41, 5.74) is 2.40. The number of piperidine rings is 1. The second-order valence-corrected chi connectivity index (χ2v) is 4.87. The summed E-state index contributed by atoms with van der Waals surface area (Å²) in [4.78, 5) is 21.8. The smallest absolute Gasteiger partial charge is 0.220 e. The average molecular weight is 232 g/mol. The number of hydrogen-bond donors (Lipinski definition) is 1. The Balaban J connectivity index is 1.57. The topological polar surface area (TPSA) is 58.1 Å². The minimum absolute atomic E-state index is 0.192. The van der Waals surface area contributed by atoms with Gasteiger partial charge >= 0.3 is 0 Å². The third-order valence-electron chi connectivity index (χ3n) is 3.53. The first kappa shape index (κ1) is 10.7. The molecule has 0 saturated carbocycles. The summed E-state index contributed by atoms with van der Waals surface area (Å²) in [6.45, 7) is 3.72. The number of nitrogens with zero attached hydrogens (tertiary/aromatic N) is 3. The van der Waals surface area contributed by atoms with Gasteiger partial charge in [-0.05, 0) is 12.3 Å². The van der Waals surface area contributed by atoms with E-state index in [0.29, 0.717) is 12.3 Å². The van der Waals surface area contributed by atoms with Gasteiger partial charge in [0, 0.05) is 44.4 Å². The van der Waals surface area contributed by atoms with E-state index in [1.807, 2.05) is 6.20 Å². The van der Waals surface area contributed by atoms with Crippen molar-refractivity contribution in [3.05, 3.63) is 23.8 Å². The minimum atomic E-state index is 0.192. The largest absolute Gasteiger partial charge is 0.356 e. The fourth-order valence-electron chi connectivity index (χ4n) is 2.60. The Labute approximate surface area is 100 Å². The molecule has 1 fully saturated rings. The van der Waals surface area contributed by atoms with Gasteiger partial charge < -0.3 is 5.32 Å². The Kier molecular flexibility index (Phi) is 2.76. The number of amides is 1. The Morgan fingerprint density at radius 3 is 3.18 bits per heavy atom. The van der Waals surface area contributed by atoms with Gasteiger partial charge in [0.25, 0.3) is 0 Å². The molecule has 0 radical (unpaired) electrons. The maximum absolute atomic E-state index is 11.1. The first-order chi connectivity index (χ1) is 8.31. The zero-order valence-corrected chi connectivity index (χ0v) is 9.72. The number of carbonyl (C=O) groups is 1. The van der Waals surface area contributed by atoms with Gasteiger partial charge in [-0.2, -0.15) is 0 Å². The summed E-state index contributed by atoms with van der Waals surface area (Å²) >= 11 is 0. The van der Waals surface area contributed by atoms with E-state index in [1.54, 1.807) is 6.33 Å². The van der Waals surface area contributed by atoms with Crippen LogP contribution in [0.3, 0.4) is 0 Å². The van der Waals surface area contributed by atoms with Crippen LogP contribution in [0.1, 0.15) is 24.1 Å². The summed E-state index contributed by atoms with van der Waals surface area (Å²) in [5, 5.41) is 2.93. The van der Waals surface area contributed by atoms with Crippen molar-refractivity contribution < 1.29 is 4.79 Å².